The first kappa shape index (κ1) is 13.0. The van der Waals surface area contributed by atoms with Gasteiger partial charge in [-0.05, 0) is 25.1 Å². The fourth-order valence-corrected chi connectivity index (χ4v) is 1.58. The van der Waals surface area contributed by atoms with Crippen molar-refractivity contribution in [2.24, 2.45) is 0 Å². The third-order valence-corrected chi connectivity index (χ3v) is 2.42. The molecule has 0 spiro atoms. The molecule has 2 rings (SSSR count). The Labute approximate surface area is 109 Å². The summed E-state index contributed by atoms with van der Waals surface area (Å²) in [6, 6.07) is 5.04. The lowest BCUT2D eigenvalue weighted by atomic mass is 10.2. The second-order valence-electron chi connectivity index (χ2n) is 3.70. The normalized spacial score (nSPS) is 10.2. The van der Waals surface area contributed by atoms with Crippen LogP contribution in [0.5, 0.6) is 5.75 Å². The maximum Gasteiger partial charge on any atom is 0.292 e. The average molecular weight is 262 g/mol. The number of aliphatic hydroxyl groups excluding tert-OH is 1. The van der Waals surface area contributed by atoms with E-state index in [1.54, 1.807) is 18.2 Å². The molecule has 1 aromatic carbocycles. The second kappa shape index (κ2) is 5.96. The minimum atomic E-state index is -0.398. The van der Waals surface area contributed by atoms with E-state index in [4.69, 9.17) is 4.74 Å². The van der Waals surface area contributed by atoms with Crippen LogP contribution in [0.15, 0.2) is 24.5 Å². The number of aromatic amines is 1. The lowest BCUT2D eigenvalue weighted by Crippen LogP contribution is -2.14. The van der Waals surface area contributed by atoms with Crippen LogP contribution in [0.2, 0.25) is 0 Å². The molecule has 7 heteroatoms. The van der Waals surface area contributed by atoms with Crippen molar-refractivity contribution in [3.05, 3.63) is 35.9 Å². The topological polar surface area (TPSA) is 100 Å². The molecule has 2 aromatic rings. The zero-order valence-corrected chi connectivity index (χ0v) is 10.4. The van der Waals surface area contributed by atoms with Crippen LogP contribution in [0.4, 0.5) is 5.69 Å². The van der Waals surface area contributed by atoms with Crippen LogP contribution in [0, 0.1) is 0 Å². The Morgan fingerprint density at radius 1 is 1.53 bits per heavy atom. The van der Waals surface area contributed by atoms with Gasteiger partial charge in [-0.15, -0.1) is 0 Å². The fraction of sp³-hybridized carbons (Fsp3) is 0.250. The van der Waals surface area contributed by atoms with Crippen LogP contribution in [0.1, 0.15) is 23.1 Å². The number of aliphatic hydroxyl groups is 1. The Morgan fingerprint density at radius 2 is 2.37 bits per heavy atom. The SMILES string of the molecule is CCOc1ccc(NC(=O)c2ncn[nH]2)cc1CO. The van der Waals surface area contributed by atoms with E-state index in [-0.39, 0.29) is 12.4 Å². The number of carbonyl (C=O) groups is 1. The highest BCUT2D eigenvalue weighted by molar-refractivity contribution is 6.01. The standard InChI is InChI=1S/C12H14N4O3/c1-2-19-10-4-3-9(5-8(10)6-17)15-12(18)11-13-7-14-16-11/h3-5,7,17H,2,6H2,1H3,(H,15,18)(H,13,14,16). The van der Waals surface area contributed by atoms with Crippen LogP contribution in [0.3, 0.4) is 0 Å². The summed E-state index contributed by atoms with van der Waals surface area (Å²) in [5, 5.41) is 18.0. The van der Waals surface area contributed by atoms with Gasteiger partial charge in [0.1, 0.15) is 12.1 Å². The fourth-order valence-electron chi connectivity index (χ4n) is 1.58. The summed E-state index contributed by atoms with van der Waals surface area (Å²) in [6.07, 6.45) is 1.26. The number of amides is 1. The van der Waals surface area contributed by atoms with Crippen molar-refractivity contribution < 1.29 is 14.6 Å². The third-order valence-electron chi connectivity index (χ3n) is 2.42. The number of rotatable bonds is 5. The largest absolute Gasteiger partial charge is 0.494 e. The van der Waals surface area contributed by atoms with E-state index in [0.717, 1.165) is 0 Å². The Bertz CT molecular complexity index is 554. The quantitative estimate of drug-likeness (QED) is 0.744. The molecule has 7 nitrogen and oxygen atoms in total. The van der Waals surface area contributed by atoms with Gasteiger partial charge in [-0.3, -0.25) is 9.89 Å². The summed E-state index contributed by atoms with van der Waals surface area (Å²) in [5.74, 6) is 0.327. The van der Waals surface area contributed by atoms with E-state index >= 15 is 0 Å². The van der Waals surface area contributed by atoms with Gasteiger partial charge in [0.15, 0.2) is 0 Å². The summed E-state index contributed by atoms with van der Waals surface area (Å²) in [4.78, 5) is 15.5. The summed E-state index contributed by atoms with van der Waals surface area (Å²) in [5.41, 5.74) is 1.16. The number of ether oxygens (including phenoxy) is 1. The number of benzene rings is 1. The summed E-state index contributed by atoms with van der Waals surface area (Å²) in [7, 11) is 0. The molecule has 19 heavy (non-hydrogen) atoms. The predicted octanol–water partition coefficient (Wildman–Crippen LogP) is 0.948. The van der Waals surface area contributed by atoms with Crippen molar-refractivity contribution in [2.45, 2.75) is 13.5 Å². The van der Waals surface area contributed by atoms with Gasteiger partial charge in [0, 0.05) is 11.3 Å². The van der Waals surface area contributed by atoms with Crippen molar-refractivity contribution in [1.29, 1.82) is 0 Å². The molecule has 0 atom stereocenters. The first-order chi connectivity index (χ1) is 9.24. The lowest BCUT2D eigenvalue weighted by molar-refractivity contribution is 0.101. The summed E-state index contributed by atoms with van der Waals surface area (Å²) in [6.45, 7) is 2.21. The highest BCUT2D eigenvalue weighted by Crippen LogP contribution is 2.23. The number of H-pyrrole nitrogens is 1. The van der Waals surface area contributed by atoms with Gasteiger partial charge in [0.25, 0.3) is 5.91 Å². The van der Waals surface area contributed by atoms with Crippen molar-refractivity contribution in [3.63, 3.8) is 0 Å². The predicted molar refractivity (Wildman–Crippen MR) is 67.9 cm³/mol. The van der Waals surface area contributed by atoms with E-state index in [0.29, 0.717) is 23.6 Å². The molecule has 0 fully saturated rings. The molecule has 1 amide bonds. The van der Waals surface area contributed by atoms with Crippen LogP contribution < -0.4 is 10.1 Å². The van der Waals surface area contributed by atoms with Gasteiger partial charge in [0.2, 0.25) is 5.82 Å². The smallest absolute Gasteiger partial charge is 0.292 e. The van der Waals surface area contributed by atoms with E-state index in [9.17, 15) is 9.90 Å². The summed E-state index contributed by atoms with van der Waals surface area (Å²) >= 11 is 0. The molecule has 0 bridgehead atoms. The Hall–Kier alpha value is -2.41. The average Bonchev–Trinajstić information content (AvgIpc) is 2.94. The monoisotopic (exact) mass is 262 g/mol. The number of aromatic nitrogens is 3. The Morgan fingerprint density at radius 3 is 3.00 bits per heavy atom. The molecule has 0 aliphatic heterocycles. The van der Waals surface area contributed by atoms with Gasteiger partial charge in [-0.2, -0.15) is 5.10 Å². The van der Waals surface area contributed by atoms with E-state index < -0.39 is 5.91 Å². The van der Waals surface area contributed by atoms with Crippen LogP contribution >= 0.6 is 0 Å². The summed E-state index contributed by atoms with van der Waals surface area (Å²) < 4.78 is 5.36. The number of hydrogen-bond acceptors (Lipinski definition) is 5. The van der Waals surface area contributed by atoms with Crippen molar-refractivity contribution in [2.75, 3.05) is 11.9 Å². The zero-order valence-electron chi connectivity index (χ0n) is 10.4. The van der Waals surface area contributed by atoms with Crippen LogP contribution in [-0.2, 0) is 6.61 Å². The van der Waals surface area contributed by atoms with Gasteiger partial charge in [-0.25, -0.2) is 4.98 Å². The van der Waals surface area contributed by atoms with Crippen LogP contribution in [0.25, 0.3) is 0 Å². The maximum atomic E-state index is 11.7. The molecule has 0 radical (unpaired) electrons. The van der Waals surface area contributed by atoms with E-state index in [1.807, 2.05) is 6.92 Å². The number of nitrogens with one attached hydrogen (secondary N) is 2. The lowest BCUT2D eigenvalue weighted by Gasteiger charge is -2.10. The molecule has 1 heterocycles. The molecular weight excluding hydrogens is 248 g/mol. The van der Waals surface area contributed by atoms with Gasteiger partial charge in [0.05, 0.1) is 13.2 Å². The van der Waals surface area contributed by atoms with Gasteiger partial charge in [-0.1, -0.05) is 0 Å². The molecular formula is C12H14N4O3. The van der Waals surface area contributed by atoms with Gasteiger partial charge >= 0.3 is 0 Å². The molecule has 3 N–H and O–H groups in total. The number of nitrogens with zero attached hydrogens (tertiary/aromatic N) is 2. The minimum absolute atomic E-state index is 0.124. The third kappa shape index (κ3) is 3.08. The van der Waals surface area contributed by atoms with Gasteiger partial charge < -0.3 is 15.2 Å². The molecule has 0 aliphatic rings. The van der Waals surface area contributed by atoms with E-state index in [2.05, 4.69) is 20.5 Å². The molecule has 1 aromatic heterocycles. The Balaban J connectivity index is 2.15. The number of anilines is 1. The Kier molecular flexibility index (Phi) is 4.09. The highest BCUT2D eigenvalue weighted by Gasteiger charge is 2.10. The van der Waals surface area contributed by atoms with Crippen molar-refractivity contribution in [3.8, 4) is 5.75 Å². The highest BCUT2D eigenvalue weighted by atomic mass is 16.5. The number of hydrogen-bond donors (Lipinski definition) is 3. The van der Waals surface area contributed by atoms with Crippen LogP contribution in [-0.4, -0.2) is 32.8 Å². The molecule has 0 unspecified atom stereocenters. The van der Waals surface area contributed by atoms with E-state index in [1.165, 1.54) is 6.33 Å². The first-order valence-electron chi connectivity index (χ1n) is 5.78. The molecule has 100 valence electrons. The molecule has 0 aliphatic carbocycles. The van der Waals surface area contributed by atoms with Crippen molar-refractivity contribution in [1.82, 2.24) is 15.2 Å². The molecule has 0 saturated carbocycles. The minimum Gasteiger partial charge on any atom is -0.494 e. The molecule has 0 saturated heterocycles. The maximum absolute atomic E-state index is 11.7. The second-order valence-corrected chi connectivity index (χ2v) is 3.70. The first-order valence-corrected chi connectivity index (χ1v) is 5.78. The number of carbonyl (C=O) groups excluding carboxylic acids is 1. The zero-order chi connectivity index (χ0) is 13.7. The van der Waals surface area contributed by atoms with Crippen molar-refractivity contribution >= 4 is 11.6 Å².